The Morgan fingerprint density at radius 2 is 1.81 bits per heavy atom. The van der Waals surface area contributed by atoms with E-state index in [4.69, 9.17) is 4.74 Å². The van der Waals surface area contributed by atoms with Gasteiger partial charge in [0.2, 0.25) is 0 Å². The molecule has 0 spiro atoms. The van der Waals surface area contributed by atoms with Gasteiger partial charge in [-0.3, -0.25) is 5.32 Å². The van der Waals surface area contributed by atoms with Crippen molar-refractivity contribution in [1.82, 2.24) is 0 Å². The van der Waals surface area contributed by atoms with Crippen LogP contribution in [0.5, 0.6) is 0 Å². The second kappa shape index (κ2) is 8.90. The van der Waals surface area contributed by atoms with E-state index in [0.29, 0.717) is 12.3 Å². The zero-order chi connectivity index (χ0) is 18.2. The fourth-order valence-electron chi connectivity index (χ4n) is 2.86. The Morgan fingerprint density at radius 1 is 1.08 bits per heavy atom. The van der Waals surface area contributed by atoms with Crippen molar-refractivity contribution in [1.29, 1.82) is 0 Å². The van der Waals surface area contributed by atoms with Gasteiger partial charge >= 0.3 is 6.09 Å². The molecule has 1 amide bonds. The standard InChI is InChI=1S/C22H24N2O2/c1-2-15-26-22(25)24-21-13-7-6-12-20(21)23-19-14-8-11-18(19)16-17-9-4-3-5-10-17/h3-7,9-10,12-14,16,23H,2,8,11,15H2,1H3,(H,24,25)/b18-16-. The van der Waals surface area contributed by atoms with Crippen molar-refractivity contribution in [2.75, 3.05) is 17.2 Å². The minimum absolute atomic E-state index is 0.413. The number of carbonyl (C=O) groups is 1. The maximum Gasteiger partial charge on any atom is 0.411 e. The monoisotopic (exact) mass is 348 g/mol. The number of para-hydroxylation sites is 2. The number of amides is 1. The molecule has 0 atom stereocenters. The van der Waals surface area contributed by atoms with E-state index in [9.17, 15) is 4.79 Å². The number of hydrogen-bond donors (Lipinski definition) is 2. The molecule has 0 radical (unpaired) electrons. The second-order valence-corrected chi connectivity index (χ2v) is 6.17. The highest BCUT2D eigenvalue weighted by molar-refractivity contribution is 5.90. The zero-order valence-electron chi connectivity index (χ0n) is 15.0. The van der Waals surface area contributed by atoms with Crippen LogP contribution in [0.15, 0.2) is 71.9 Å². The molecule has 0 aromatic heterocycles. The Bertz CT molecular complexity index is 810. The predicted molar refractivity (Wildman–Crippen MR) is 107 cm³/mol. The minimum atomic E-state index is -0.429. The summed E-state index contributed by atoms with van der Waals surface area (Å²) in [6, 6.07) is 18.0. The topological polar surface area (TPSA) is 50.4 Å². The van der Waals surface area contributed by atoms with Gasteiger partial charge in [0.15, 0.2) is 0 Å². The Morgan fingerprint density at radius 3 is 2.58 bits per heavy atom. The van der Waals surface area contributed by atoms with Gasteiger partial charge in [-0.1, -0.05) is 55.5 Å². The number of hydrogen-bond acceptors (Lipinski definition) is 3. The molecule has 0 fully saturated rings. The summed E-state index contributed by atoms with van der Waals surface area (Å²) in [5.74, 6) is 0. The number of rotatable bonds is 6. The summed E-state index contributed by atoms with van der Waals surface area (Å²) < 4.78 is 5.12. The number of benzene rings is 2. The molecule has 0 saturated carbocycles. The van der Waals surface area contributed by atoms with Gasteiger partial charge in [0.05, 0.1) is 18.0 Å². The second-order valence-electron chi connectivity index (χ2n) is 6.17. The van der Waals surface area contributed by atoms with Crippen LogP contribution in [-0.2, 0) is 4.74 Å². The van der Waals surface area contributed by atoms with E-state index in [1.165, 1.54) is 11.1 Å². The molecule has 0 unspecified atom stereocenters. The number of anilines is 2. The smallest absolute Gasteiger partial charge is 0.411 e. The van der Waals surface area contributed by atoms with E-state index >= 15 is 0 Å². The summed E-state index contributed by atoms with van der Waals surface area (Å²) >= 11 is 0. The van der Waals surface area contributed by atoms with E-state index < -0.39 is 6.09 Å². The van der Waals surface area contributed by atoms with Crippen LogP contribution in [0.2, 0.25) is 0 Å². The fourth-order valence-corrected chi connectivity index (χ4v) is 2.86. The molecule has 2 aromatic rings. The van der Waals surface area contributed by atoms with Crippen LogP contribution in [0, 0.1) is 0 Å². The molecule has 3 rings (SSSR count). The molecule has 2 N–H and O–H groups in total. The summed E-state index contributed by atoms with van der Waals surface area (Å²) in [6.45, 7) is 2.38. The van der Waals surface area contributed by atoms with Gasteiger partial charge in [0.1, 0.15) is 0 Å². The lowest BCUT2D eigenvalue weighted by Crippen LogP contribution is -2.15. The first kappa shape index (κ1) is 17.8. The third-order valence-corrected chi connectivity index (χ3v) is 4.12. The summed E-state index contributed by atoms with van der Waals surface area (Å²) in [7, 11) is 0. The Balaban J connectivity index is 1.74. The summed E-state index contributed by atoms with van der Waals surface area (Å²) in [5, 5.41) is 6.28. The molecule has 4 nitrogen and oxygen atoms in total. The van der Waals surface area contributed by atoms with Crippen LogP contribution in [0.1, 0.15) is 31.7 Å². The van der Waals surface area contributed by atoms with Gasteiger partial charge in [-0.25, -0.2) is 4.79 Å². The number of ether oxygens (including phenoxy) is 1. The largest absolute Gasteiger partial charge is 0.449 e. The molecule has 26 heavy (non-hydrogen) atoms. The molecule has 0 heterocycles. The lowest BCUT2D eigenvalue weighted by Gasteiger charge is -2.15. The van der Waals surface area contributed by atoms with E-state index in [-0.39, 0.29) is 0 Å². The van der Waals surface area contributed by atoms with Gasteiger partial charge in [-0.2, -0.15) is 0 Å². The van der Waals surface area contributed by atoms with Crippen molar-refractivity contribution in [3.8, 4) is 0 Å². The molecule has 1 aliphatic rings. The minimum Gasteiger partial charge on any atom is -0.449 e. The van der Waals surface area contributed by atoms with Crippen LogP contribution < -0.4 is 10.6 Å². The molecular formula is C22H24N2O2. The normalized spacial score (nSPS) is 14.8. The molecule has 0 bridgehead atoms. The van der Waals surface area contributed by atoms with Gasteiger partial charge < -0.3 is 10.1 Å². The van der Waals surface area contributed by atoms with Crippen molar-refractivity contribution in [3.63, 3.8) is 0 Å². The van der Waals surface area contributed by atoms with Gasteiger partial charge in [0.25, 0.3) is 0 Å². The maximum atomic E-state index is 11.9. The highest BCUT2D eigenvalue weighted by Gasteiger charge is 2.14. The van der Waals surface area contributed by atoms with Crippen molar-refractivity contribution in [3.05, 3.63) is 77.5 Å². The Kier molecular flexibility index (Phi) is 6.09. The average molecular weight is 348 g/mol. The highest BCUT2D eigenvalue weighted by atomic mass is 16.5. The van der Waals surface area contributed by atoms with Gasteiger partial charge in [-0.05, 0) is 48.6 Å². The number of carbonyl (C=O) groups excluding carboxylic acids is 1. The maximum absolute atomic E-state index is 11.9. The molecule has 0 aliphatic heterocycles. The van der Waals surface area contributed by atoms with E-state index in [1.807, 2.05) is 49.4 Å². The molecule has 1 aliphatic carbocycles. The molecule has 2 aromatic carbocycles. The van der Waals surface area contributed by atoms with Crippen molar-refractivity contribution >= 4 is 23.5 Å². The van der Waals surface area contributed by atoms with Crippen molar-refractivity contribution in [2.45, 2.75) is 26.2 Å². The lowest BCUT2D eigenvalue weighted by atomic mass is 10.1. The highest BCUT2D eigenvalue weighted by Crippen LogP contribution is 2.31. The predicted octanol–water partition coefficient (Wildman–Crippen LogP) is 5.82. The molecule has 134 valence electrons. The number of allylic oxidation sites excluding steroid dienone is 2. The van der Waals surface area contributed by atoms with Crippen molar-refractivity contribution in [2.24, 2.45) is 0 Å². The zero-order valence-corrected chi connectivity index (χ0v) is 15.0. The van der Waals surface area contributed by atoms with Crippen LogP contribution in [0.25, 0.3) is 6.08 Å². The van der Waals surface area contributed by atoms with Crippen LogP contribution >= 0.6 is 0 Å². The lowest BCUT2D eigenvalue weighted by molar-refractivity contribution is 0.161. The van der Waals surface area contributed by atoms with Crippen LogP contribution in [-0.4, -0.2) is 12.7 Å². The summed E-state index contributed by atoms with van der Waals surface area (Å²) in [4.78, 5) is 11.9. The first-order valence-electron chi connectivity index (χ1n) is 9.02. The first-order chi connectivity index (χ1) is 12.8. The molecule has 0 saturated heterocycles. The molecular weight excluding hydrogens is 324 g/mol. The third-order valence-electron chi connectivity index (χ3n) is 4.12. The average Bonchev–Trinajstić information content (AvgIpc) is 3.09. The Labute approximate surface area is 154 Å². The first-order valence-corrected chi connectivity index (χ1v) is 9.02. The van der Waals surface area contributed by atoms with Crippen LogP contribution in [0.3, 0.4) is 0 Å². The van der Waals surface area contributed by atoms with E-state index in [2.05, 4.69) is 34.9 Å². The van der Waals surface area contributed by atoms with Gasteiger partial charge in [-0.15, -0.1) is 0 Å². The fraction of sp³-hybridized carbons (Fsp3) is 0.227. The van der Waals surface area contributed by atoms with E-state index in [0.717, 1.165) is 30.6 Å². The summed E-state index contributed by atoms with van der Waals surface area (Å²) in [6.07, 6.45) is 6.79. The van der Waals surface area contributed by atoms with Gasteiger partial charge in [0, 0.05) is 5.70 Å². The summed E-state index contributed by atoms with van der Waals surface area (Å²) in [5.41, 5.74) is 5.10. The third kappa shape index (κ3) is 4.76. The van der Waals surface area contributed by atoms with Crippen molar-refractivity contribution < 1.29 is 9.53 Å². The Hall–Kier alpha value is -3.01. The SMILES string of the molecule is CCCOC(=O)Nc1ccccc1NC1=CCC/C1=C/c1ccccc1. The van der Waals surface area contributed by atoms with E-state index in [1.54, 1.807) is 0 Å². The quantitative estimate of drug-likeness (QED) is 0.692. The number of nitrogens with one attached hydrogen (secondary N) is 2. The van der Waals surface area contributed by atoms with Crippen LogP contribution in [0.4, 0.5) is 16.2 Å². The molecule has 4 heteroatoms.